The molecule has 3 amide bonds. The van der Waals surface area contributed by atoms with E-state index in [1.54, 1.807) is 0 Å². The average molecular weight is 1090 g/mol. The van der Waals surface area contributed by atoms with Gasteiger partial charge in [0.1, 0.15) is 45.5 Å². The molecule has 0 aliphatic heterocycles. The molecule has 0 atom stereocenters. The molecular formula is C45H27F16N5O9. The van der Waals surface area contributed by atoms with Crippen LogP contribution in [-0.2, 0) is 17.1 Å². The van der Waals surface area contributed by atoms with E-state index in [0.717, 1.165) is 43.8 Å². The number of aromatic nitrogens is 2. The zero-order chi connectivity index (χ0) is 61.1. The maximum Gasteiger partial charge on any atom is 0.573 e. The number of methoxy groups -OCH3 is 1. The molecule has 0 unspecified atom stereocenters. The van der Waals surface area contributed by atoms with Crippen molar-refractivity contribution in [1.82, 2.24) is 9.97 Å². The van der Waals surface area contributed by atoms with Gasteiger partial charge in [-0.2, -0.15) is 26.3 Å². The van der Waals surface area contributed by atoms with Crippen molar-refractivity contribution in [1.29, 1.82) is 0 Å². The molecular weight excluding hydrogens is 1060 g/mol. The maximum atomic E-state index is 15.1. The van der Waals surface area contributed by atoms with Crippen molar-refractivity contribution in [3.63, 3.8) is 0 Å². The molecule has 0 radical (unpaired) electrons. The molecule has 6 rings (SSSR count). The summed E-state index contributed by atoms with van der Waals surface area (Å²) in [5.74, 6) is -21.3. The minimum atomic E-state index is -5.43. The summed E-state index contributed by atoms with van der Waals surface area (Å²) >= 11 is 0. The van der Waals surface area contributed by atoms with Crippen molar-refractivity contribution in [2.75, 3.05) is 17.7 Å². The Kier molecular flexibility index (Phi) is 14.3. The van der Waals surface area contributed by atoms with Gasteiger partial charge in [-0.25, -0.2) is 27.3 Å². The molecule has 0 saturated carbocycles. The number of rotatable bonds is 12. The Bertz CT molecular complexity index is 3410. The van der Waals surface area contributed by atoms with Gasteiger partial charge in [-0.1, -0.05) is 0 Å². The minimum absolute atomic E-state index is 0.131. The summed E-state index contributed by atoms with van der Waals surface area (Å²) < 4.78 is 282. The fourth-order valence-corrected chi connectivity index (χ4v) is 5.80. The van der Waals surface area contributed by atoms with E-state index in [-0.39, 0.29) is 29.2 Å². The Morgan fingerprint density at radius 1 is 0.520 bits per heavy atom. The predicted molar refractivity (Wildman–Crippen MR) is 223 cm³/mol. The Morgan fingerprint density at radius 3 is 1.23 bits per heavy atom. The van der Waals surface area contributed by atoms with Gasteiger partial charge in [0, 0.05) is 43.1 Å². The van der Waals surface area contributed by atoms with E-state index >= 15 is 8.78 Å². The molecule has 0 aliphatic carbocycles. The predicted octanol–water partition coefficient (Wildman–Crippen LogP) is 12.1. The second-order valence-corrected chi connectivity index (χ2v) is 14.0. The second kappa shape index (κ2) is 22.1. The van der Waals surface area contributed by atoms with Crippen LogP contribution in [0.1, 0.15) is 72.2 Å². The molecule has 0 saturated heterocycles. The van der Waals surface area contributed by atoms with Gasteiger partial charge in [-0.15, -0.1) is 26.3 Å². The van der Waals surface area contributed by atoms with Gasteiger partial charge in [0.25, 0.3) is 17.7 Å². The van der Waals surface area contributed by atoms with E-state index in [2.05, 4.69) is 24.2 Å². The van der Waals surface area contributed by atoms with Gasteiger partial charge in [0.2, 0.25) is 0 Å². The number of esters is 1. The number of primary amides is 1. The highest BCUT2D eigenvalue weighted by atomic mass is 19.4. The summed E-state index contributed by atoms with van der Waals surface area (Å²) in [6.45, 7) is -7.06. The molecule has 4 N–H and O–H groups in total. The molecule has 75 heavy (non-hydrogen) atoms. The van der Waals surface area contributed by atoms with Crippen LogP contribution >= 0.6 is 0 Å². The highest BCUT2D eigenvalue weighted by Crippen LogP contribution is 2.42. The number of carbonyl (C=O) groups is 4. The summed E-state index contributed by atoms with van der Waals surface area (Å²) in [4.78, 5) is 56.1. The zero-order valence-electron chi connectivity index (χ0n) is 42.3. The topological polar surface area (TPSA) is 190 Å². The first kappa shape index (κ1) is 48.4. The molecule has 4 aromatic carbocycles. The number of alkyl halides is 12. The van der Waals surface area contributed by atoms with E-state index in [0.29, 0.717) is 36.4 Å². The SMILES string of the molecule is [2H]C([2H])([2H])c1c(Oc2ccc(C(F)(F)F)c(F)c2C(=O)Nc2ccnc(C(=O)OC)c2)ccc(OC(F)(F)F)c1F.[2H]C([2H])([2H])c1c(Oc2ccc(C(F)(F)F)c(F)c2C(=O)Nc2ccnc(C(N)=O)c2)ccc(OC(F)(F)F)c1F. The van der Waals surface area contributed by atoms with Crippen molar-refractivity contribution in [3.05, 3.63) is 153 Å². The van der Waals surface area contributed by atoms with E-state index in [9.17, 15) is 80.6 Å². The third kappa shape index (κ3) is 14.2. The number of amides is 3. The van der Waals surface area contributed by atoms with Crippen molar-refractivity contribution in [2.45, 2.75) is 38.8 Å². The van der Waals surface area contributed by atoms with E-state index in [1.807, 2.05) is 10.6 Å². The lowest BCUT2D eigenvalue weighted by Gasteiger charge is -2.18. The van der Waals surface area contributed by atoms with Crippen molar-refractivity contribution in [3.8, 4) is 34.5 Å². The molecule has 0 aliphatic rings. The van der Waals surface area contributed by atoms with Crippen LogP contribution in [-0.4, -0.2) is 53.5 Å². The molecule has 14 nitrogen and oxygen atoms in total. The number of carbonyl (C=O) groups excluding carboxylic acids is 4. The van der Waals surface area contributed by atoms with Crippen LogP contribution in [0, 0.1) is 37.0 Å². The van der Waals surface area contributed by atoms with Gasteiger partial charge >= 0.3 is 31.0 Å². The molecule has 2 aromatic heterocycles. The van der Waals surface area contributed by atoms with Gasteiger partial charge < -0.3 is 40.1 Å². The Balaban J connectivity index is 0.000000297. The molecule has 2 heterocycles. The number of nitrogens with two attached hydrogens (primary N) is 1. The van der Waals surface area contributed by atoms with Crippen LogP contribution in [0.15, 0.2) is 85.2 Å². The lowest BCUT2D eigenvalue weighted by molar-refractivity contribution is -0.276. The normalized spacial score (nSPS) is 13.2. The van der Waals surface area contributed by atoms with Gasteiger partial charge in [0.05, 0.1) is 18.2 Å². The molecule has 30 heteroatoms. The van der Waals surface area contributed by atoms with Crippen LogP contribution in [0.2, 0.25) is 0 Å². The number of nitrogens with zero attached hydrogens (tertiary/aromatic N) is 2. The number of anilines is 2. The number of hydrogen-bond donors (Lipinski definition) is 3. The van der Waals surface area contributed by atoms with E-state index in [1.165, 1.54) is 0 Å². The number of pyridine rings is 2. The van der Waals surface area contributed by atoms with Gasteiger partial charge in [-0.3, -0.25) is 19.4 Å². The first-order chi connectivity index (χ1) is 37.1. The maximum absolute atomic E-state index is 15.1. The number of hydrogen-bond acceptors (Lipinski definition) is 11. The van der Waals surface area contributed by atoms with Crippen LogP contribution in [0.5, 0.6) is 34.5 Å². The number of benzene rings is 4. The molecule has 0 bridgehead atoms. The van der Waals surface area contributed by atoms with Crippen LogP contribution in [0.4, 0.5) is 81.6 Å². The van der Waals surface area contributed by atoms with Crippen LogP contribution < -0.4 is 35.3 Å². The Hall–Kier alpha value is -8.86. The lowest BCUT2D eigenvalue weighted by atomic mass is 10.1. The first-order valence-corrected chi connectivity index (χ1v) is 19.4. The molecule has 398 valence electrons. The standard InChI is InChI=1S/C23H14F8N2O5.C22H13F8N3O4/c1-10-14(5-6-16(18(10)24)38-23(29,30)31)37-15-4-3-12(22(26,27)28)19(25)17(15)20(34)33-11-7-8-32-13(9-11)21(35)36-2;1-9-13(4-5-15(17(9)23)37-22(28,29)30)36-14-3-2-11(21(25,26)27)18(24)16(14)20(35)33-10-6-7-32-12(8-10)19(31)34/h3-9H,1-2H3,(H,32,33,34);2-8H,1H3,(H2,31,34)(H,32,33,35)/i2*1D3. The number of nitrogens with one attached hydrogen (secondary N) is 2. The fraction of sp³-hybridized carbons (Fsp3) is 0.156. The van der Waals surface area contributed by atoms with Crippen LogP contribution in [0.25, 0.3) is 0 Å². The Labute approximate surface area is 416 Å². The highest BCUT2D eigenvalue weighted by Gasteiger charge is 2.40. The van der Waals surface area contributed by atoms with Crippen molar-refractivity contribution in [2.24, 2.45) is 5.73 Å². The summed E-state index contributed by atoms with van der Waals surface area (Å²) in [5, 5.41) is 4.00. The Morgan fingerprint density at radius 2 is 0.880 bits per heavy atom. The summed E-state index contributed by atoms with van der Waals surface area (Å²) in [5.41, 5.74) is -6.09. The van der Waals surface area contributed by atoms with Crippen LogP contribution in [0.3, 0.4) is 0 Å². The third-order valence-electron chi connectivity index (χ3n) is 8.98. The van der Waals surface area contributed by atoms with Gasteiger partial charge in [-0.05, 0) is 86.5 Å². The largest absolute Gasteiger partial charge is 0.573 e. The molecule has 6 aromatic rings. The quantitative estimate of drug-likeness (QED) is 0.0781. The highest BCUT2D eigenvalue weighted by molar-refractivity contribution is 6.08. The zero-order valence-corrected chi connectivity index (χ0v) is 36.3. The minimum Gasteiger partial charge on any atom is -0.464 e. The second-order valence-electron chi connectivity index (χ2n) is 14.0. The lowest BCUT2D eigenvalue weighted by Crippen LogP contribution is -2.20. The summed E-state index contributed by atoms with van der Waals surface area (Å²) in [6, 6.07) is 6.56. The number of halogens is 16. The monoisotopic (exact) mass is 1090 g/mol. The van der Waals surface area contributed by atoms with E-state index < -0.39 is 159 Å². The molecule has 0 fully saturated rings. The van der Waals surface area contributed by atoms with Gasteiger partial charge in [0.15, 0.2) is 34.8 Å². The average Bonchev–Trinajstić information content (AvgIpc) is 3.51. The smallest absolute Gasteiger partial charge is 0.464 e. The fourth-order valence-electron chi connectivity index (χ4n) is 5.80. The third-order valence-corrected chi connectivity index (χ3v) is 8.98. The summed E-state index contributed by atoms with van der Waals surface area (Å²) in [7, 11) is 1.01. The van der Waals surface area contributed by atoms with Crippen molar-refractivity contribution < 1.29 is 121 Å². The molecule has 0 spiro atoms. The first-order valence-electron chi connectivity index (χ1n) is 22.4. The summed E-state index contributed by atoms with van der Waals surface area (Å²) in [6.07, 6.45) is -19.6. The van der Waals surface area contributed by atoms with E-state index in [4.69, 9.17) is 23.4 Å². The van der Waals surface area contributed by atoms with Crippen molar-refractivity contribution >= 4 is 35.1 Å². The number of ether oxygens (including phenoxy) is 5.